The third-order valence-electron chi connectivity index (χ3n) is 3.96. The second-order valence-electron chi connectivity index (χ2n) is 5.59. The molecule has 0 spiro atoms. The first-order valence-electron chi connectivity index (χ1n) is 7.76. The number of hydrogen-bond donors (Lipinski definition) is 0. The zero-order chi connectivity index (χ0) is 18.1. The number of fused-ring (bicyclic) bond motifs is 1. The number of carbonyl (C=O) groups excluding carboxylic acids is 1. The molecule has 0 unspecified atom stereocenters. The summed E-state index contributed by atoms with van der Waals surface area (Å²) in [7, 11) is 1.62. The minimum Gasteiger partial charge on any atom is -0.466 e. The fraction of sp³-hybridized carbons (Fsp3) is 0.294. The van der Waals surface area contributed by atoms with Gasteiger partial charge in [0.1, 0.15) is 0 Å². The molecule has 0 saturated carbocycles. The number of ether oxygens (including phenoxy) is 1. The van der Waals surface area contributed by atoms with Crippen molar-refractivity contribution < 1.29 is 9.53 Å². The normalized spacial score (nSPS) is 11.0. The molecule has 1 aromatic carbocycles. The summed E-state index contributed by atoms with van der Waals surface area (Å²) in [6.45, 7) is 3.76. The molecule has 0 N–H and O–H groups in total. The van der Waals surface area contributed by atoms with E-state index in [-0.39, 0.29) is 12.4 Å². The molecule has 0 aliphatic heterocycles. The quantitative estimate of drug-likeness (QED) is 0.660. The minimum atomic E-state index is -0.417. The Bertz CT molecular complexity index is 1080. The Morgan fingerprint density at radius 2 is 2.04 bits per heavy atom. The molecular formula is C17H17N3O4S. The SMILES string of the molecule is CCOC(=O)Cc1nsc2ccc(-n3c(=O)cc(C)n(C)c3=O)cc12. The summed E-state index contributed by atoms with van der Waals surface area (Å²) >= 11 is 1.26. The number of aryl methyl sites for hydroxylation is 1. The first kappa shape index (κ1) is 17.1. The molecule has 0 aliphatic carbocycles. The van der Waals surface area contributed by atoms with Gasteiger partial charge in [-0.15, -0.1) is 0 Å². The fourth-order valence-electron chi connectivity index (χ4n) is 2.56. The Labute approximate surface area is 147 Å². The largest absolute Gasteiger partial charge is 0.466 e. The highest BCUT2D eigenvalue weighted by molar-refractivity contribution is 7.13. The summed E-state index contributed by atoms with van der Waals surface area (Å²) in [5.74, 6) is -0.358. The number of nitrogens with zero attached hydrogens (tertiary/aromatic N) is 3. The van der Waals surface area contributed by atoms with Crippen LogP contribution in [0, 0.1) is 6.92 Å². The Hall–Kier alpha value is -2.74. The van der Waals surface area contributed by atoms with E-state index in [1.165, 1.54) is 22.2 Å². The number of rotatable bonds is 4. The third kappa shape index (κ3) is 3.12. The van der Waals surface area contributed by atoms with Crippen LogP contribution in [0.2, 0.25) is 0 Å². The van der Waals surface area contributed by atoms with E-state index in [2.05, 4.69) is 4.37 Å². The average Bonchev–Trinajstić information content (AvgIpc) is 2.95. The number of esters is 1. The molecule has 0 amide bonds. The molecule has 0 bridgehead atoms. The van der Waals surface area contributed by atoms with Crippen LogP contribution in [0.15, 0.2) is 33.9 Å². The zero-order valence-electron chi connectivity index (χ0n) is 14.1. The van der Waals surface area contributed by atoms with Gasteiger partial charge in [0.2, 0.25) is 0 Å². The lowest BCUT2D eigenvalue weighted by atomic mass is 10.1. The average molecular weight is 359 g/mol. The Morgan fingerprint density at radius 3 is 2.76 bits per heavy atom. The smallest absolute Gasteiger partial charge is 0.335 e. The van der Waals surface area contributed by atoms with E-state index in [0.29, 0.717) is 23.7 Å². The molecular weight excluding hydrogens is 342 g/mol. The van der Waals surface area contributed by atoms with E-state index in [4.69, 9.17) is 4.74 Å². The van der Waals surface area contributed by atoms with Gasteiger partial charge in [0.05, 0.1) is 29.1 Å². The molecule has 2 aromatic heterocycles. The van der Waals surface area contributed by atoms with Crippen LogP contribution >= 0.6 is 11.5 Å². The summed E-state index contributed by atoms with van der Waals surface area (Å²) in [5.41, 5.74) is 0.808. The monoisotopic (exact) mass is 359 g/mol. The maximum absolute atomic E-state index is 12.5. The molecule has 3 aromatic rings. The van der Waals surface area contributed by atoms with Gasteiger partial charge in [-0.1, -0.05) is 0 Å². The molecule has 0 atom stereocenters. The second-order valence-corrected chi connectivity index (χ2v) is 6.40. The van der Waals surface area contributed by atoms with Crippen molar-refractivity contribution in [1.29, 1.82) is 0 Å². The summed E-state index contributed by atoms with van der Waals surface area (Å²) in [6, 6.07) is 6.62. The van der Waals surface area contributed by atoms with Gasteiger partial charge in [-0.3, -0.25) is 9.59 Å². The Kier molecular flexibility index (Phi) is 4.54. The fourth-order valence-corrected chi connectivity index (χ4v) is 3.34. The second kappa shape index (κ2) is 6.64. The van der Waals surface area contributed by atoms with Crippen LogP contribution in [-0.4, -0.2) is 26.1 Å². The third-order valence-corrected chi connectivity index (χ3v) is 4.83. The van der Waals surface area contributed by atoms with Crippen LogP contribution in [0.3, 0.4) is 0 Å². The van der Waals surface area contributed by atoms with Crippen molar-refractivity contribution in [3.63, 3.8) is 0 Å². The van der Waals surface area contributed by atoms with Crippen molar-refractivity contribution >= 4 is 27.6 Å². The Balaban J connectivity index is 2.14. The molecule has 7 nitrogen and oxygen atoms in total. The van der Waals surface area contributed by atoms with Crippen LogP contribution < -0.4 is 11.2 Å². The van der Waals surface area contributed by atoms with Crippen molar-refractivity contribution in [3.8, 4) is 5.69 Å². The lowest BCUT2D eigenvalue weighted by molar-refractivity contribution is -0.142. The van der Waals surface area contributed by atoms with E-state index in [1.54, 1.807) is 39.1 Å². The molecule has 2 heterocycles. The topological polar surface area (TPSA) is 83.2 Å². The van der Waals surface area contributed by atoms with E-state index < -0.39 is 11.2 Å². The summed E-state index contributed by atoms with van der Waals surface area (Å²) in [4.78, 5) is 36.5. The van der Waals surface area contributed by atoms with Crippen molar-refractivity contribution in [3.05, 3.63) is 56.5 Å². The van der Waals surface area contributed by atoms with Gasteiger partial charge < -0.3 is 9.30 Å². The maximum Gasteiger partial charge on any atom is 0.335 e. The zero-order valence-corrected chi connectivity index (χ0v) is 14.9. The summed E-state index contributed by atoms with van der Waals surface area (Å²) in [5, 5.41) is 0.741. The molecule has 130 valence electrons. The van der Waals surface area contributed by atoms with Crippen molar-refractivity contribution in [2.24, 2.45) is 7.05 Å². The molecule has 25 heavy (non-hydrogen) atoms. The van der Waals surface area contributed by atoms with Crippen molar-refractivity contribution in [2.45, 2.75) is 20.3 Å². The van der Waals surface area contributed by atoms with Crippen LogP contribution in [0.5, 0.6) is 0 Å². The van der Waals surface area contributed by atoms with Gasteiger partial charge in [0.15, 0.2) is 0 Å². The number of aromatic nitrogens is 3. The highest BCUT2D eigenvalue weighted by Gasteiger charge is 2.14. The first-order valence-corrected chi connectivity index (χ1v) is 8.53. The van der Waals surface area contributed by atoms with E-state index in [1.807, 2.05) is 0 Å². The summed E-state index contributed by atoms with van der Waals surface area (Å²) in [6.07, 6.45) is 0.0537. The first-order chi connectivity index (χ1) is 11.9. The van der Waals surface area contributed by atoms with E-state index >= 15 is 0 Å². The van der Waals surface area contributed by atoms with E-state index in [0.717, 1.165) is 14.7 Å². The predicted molar refractivity (Wildman–Crippen MR) is 95.5 cm³/mol. The molecule has 0 radical (unpaired) electrons. The van der Waals surface area contributed by atoms with Gasteiger partial charge in [-0.2, -0.15) is 4.37 Å². The highest BCUT2D eigenvalue weighted by atomic mass is 32.1. The standard InChI is InChI=1S/C17H17N3O4S/c1-4-24-16(22)9-13-12-8-11(5-6-14(12)25-18-13)20-15(21)7-10(2)19(3)17(20)23/h5-8H,4,9H2,1-3H3. The summed E-state index contributed by atoms with van der Waals surface area (Å²) < 4.78 is 12.7. The maximum atomic E-state index is 12.5. The highest BCUT2D eigenvalue weighted by Crippen LogP contribution is 2.25. The lowest BCUT2D eigenvalue weighted by Gasteiger charge is -2.09. The van der Waals surface area contributed by atoms with Gasteiger partial charge in [-0.05, 0) is 43.6 Å². The molecule has 0 aliphatic rings. The molecule has 3 rings (SSSR count). The molecule has 0 fully saturated rings. The molecule has 8 heteroatoms. The minimum absolute atomic E-state index is 0.0537. The number of benzene rings is 1. The van der Waals surface area contributed by atoms with Crippen molar-refractivity contribution in [1.82, 2.24) is 13.5 Å². The van der Waals surface area contributed by atoms with Crippen LogP contribution in [0.25, 0.3) is 15.8 Å². The lowest BCUT2D eigenvalue weighted by Crippen LogP contribution is -2.38. The van der Waals surface area contributed by atoms with Crippen LogP contribution in [-0.2, 0) is 23.0 Å². The molecule has 0 saturated heterocycles. The van der Waals surface area contributed by atoms with Crippen molar-refractivity contribution in [2.75, 3.05) is 6.61 Å². The number of hydrogen-bond acceptors (Lipinski definition) is 6. The van der Waals surface area contributed by atoms with E-state index in [9.17, 15) is 14.4 Å². The number of carbonyl (C=O) groups is 1. The predicted octanol–water partition coefficient (Wildman–Crippen LogP) is 1.56. The Morgan fingerprint density at radius 1 is 1.28 bits per heavy atom. The van der Waals surface area contributed by atoms with Gasteiger partial charge in [0.25, 0.3) is 5.56 Å². The van der Waals surface area contributed by atoms with Gasteiger partial charge in [0, 0.05) is 24.2 Å². The van der Waals surface area contributed by atoms with Crippen LogP contribution in [0.4, 0.5) is 0 Å². The van der Waals surface area contributed by atoms with Crippen LogP contribution in [0.1, 0.15) is 18.3 Å². The van der Waals surface area contributed by atoms with Gasteiger partial charge in [-0.25, -0.2) is 9.36 Å². The van der Waals surface area contributed by atoms with Gasteiger partial charge >= 0.3 is 11.7 Å².